The van der Waals surface area contributed by atoms with Gasteiger partial charge in [0.1, 0.15) is 0 Å². The number of para-hydroxylation sites is 1. The van der Waals surface area contributed by atoms with E-state index in [1.807, 2.05) is 0 Å². The first-order valence-corrected chi connectivity index (χ1v) is 5.51. The Morgan fingerprint density at radius 3 is 2.19 bits per heavy atom. The number of pyridine rings is 1. The van der Waals surface area contributed by atoms with Crippen LogP contribution in [0.25, 0.3) is 0 Å². The Bertz CT molecular complexity index is 716. The van der Waals surface area contributed by atoms with Crippen molar-refractivity contribution >= 4 is 17.3 Å². The van der Waals surface area contributed by atoms with Gasteiger partial charge in [-0.05, 0) is 6.07 Å². The van der Waals surface area contributed by atoms with Gasteiger partial charge in [0.05, 0.1) is 9.95 Å². The van der Waals surface area contributed by atoms with Gasteiger partial charge in [-0.2, -0.15) is 22.5 Å². The van der Waals surface area contributed by atoms with E-state index in [-0.39, 0.29) is 5.02 Å². The molecule has 10 heteroatoms. The molecule has 2 rings (SSSR count). The molecule has 0 N–H and O–H groups in total. The number of benzene rings is 1. The number of aromatic nitrogens is 1. The Labute approximate surface area is 118 Å². The monoisotopic (exact) mass is 322 g/mol. The topological polar surface area (TPSA) is 65.3 Å². The maximum Gasteiger partial charge on any atom is 0.313 e. The highest BCUT2D eigenvalue weighted by Crippen LogP contribution is 2.39. The summed E-state index contributed by atoms with van der Waals surface area (Å²) in [5.74, 6) is -10.1. The maximum atomic E-state index is 13.4. The standard InChI is InChI=1S/C11H3ClF4N2O3/c12-4-2-1-3-5(18(19)20)8(4)21-9-6(13)10(15)17-11(16)7(9)14/h1-3H. The van der Waals surface area contributed by atoms with Crippen LogP contribution in [0.15, 0.2) is 18.2 Å². The number of nitrogens with zero attached hydrogens (tertiary/aromatic N) is 2. The summed E-state index contributed by atoms with van der Waals surface area (Å²) in [6.07, 6.45) is 0. The minimum Gasteiger partial charge on any atom is -0.442 e. The van der Waals surface area contributed by atoms with E-state index in [2.05, 4.69) is 9.72 Å². The molecule has 0 spiro atoms. The zero-order valence-corrected chi connectivity index (χ0v) is 10.5. The number of nitro benzene ring substituents is 1. The molecule has 0 aliphatic carbocycles. The molecule has 0 unspecified atom stereocenters. The predicted octanol–water partition coefficient (Wildman–Crippen LogP) is 3.99. The Balaban J connectivity index is 2.61. The Morgan fingerprint density at radius 1 is 1.10 bits per heavy atom. The van der Waals surface area contributed by atoms with Crippen LogP contribution in [0.4, 0.5) is 23.2 Å². The highest BCUT2D eigenvalue weighted by atomic mass is 35.5. The molecule has 1 aromatic heterocycles. The smallest absolute Gasteiger partial charge is 0.313 e. The van der Waals surface area contributed by atoms with Crippen molar-refractivity contribution in [2.24, 2.45) is 0 Å². The van der Waals surface area contributed by atoms with Crippen molar-refractivity contribution in [1.29, 1.82) is 0 Å². The van der Waals surface area contributed by atoms with Gasteiger partial charge in [0.2, 0.25) is 23.1 Å². The van der Waals surface area contributed by atoms with E-state index >= 15 is 0 Å². The van der Waals surface area contributed by atoms with E-state index in [1.54, 1.807) is 0 Å². The Hall–Kier alpha value is -2.42. The van der Waals surface area contributed by atoms with E-state index in [0.717, 1.165) is 12.1 Å². The van der Waals surface area contributed by atoms with Crippen LogP contribution in [0.1, 0.15) is 0 Å². The molecule has 21 heavy (non-hydrogen) atoms. The molecule has 1 heterocycles. The molecular weight excluding hydrogens is 320 g/mol. The fraction of sp³-hybridized carbons (Fsp3) is 0. The van der Waals surface area contributed by atoms with E-state index in [9.17, 15) is 27.7 Å². The summed E-state index contributed by atoms with van der Waals surface area (Å²) in [5.41, 5.74) is -0.737. The molecule has 1 aromatic carbocycles. The molecule has 0 fully saturated rings. The fourth-order valence-corrected chi connectivity index (χ4v) is 1.61. The minimum absolute atomic E-state index is 0.374. The first-order valence-electron chi connectivity index (χ1n) is 5.13. The third-order valence-corrected chi connectivity index (χ3v) is 2.60. The second-order valence-corrected chi connectivity index (χ2v) is 4.00. The average Bonchev–Trinajstić information content (AvgIpc) is 2.42. The SMILES string of the molecule is O=[N+]([O-])c1cccc(Cl)c1Oc1c(F)c(F)nc(F)c1F. The Kier molecular flexibility index (Phi) is 3.94. The minimum atomic E-state index is -1.96. The summed E-state index contributed by atoms with van der Waals surface area (Å²) in [6, 6.07) is 3.26. The number of hydrogen-bond acceptors (Lipinski definition) is 4. The molecule has 0 radical (unpaired) electrons. The van der Waals surface area contributed by atoms with Crippen molar-refractivity contribution < 1.29 is 27.2 Å². The molecule has 0 bridgehead atoms. The maximum absolute atomic E-state index is 13.4. The van der Waals surface area contributed by atoms with Gasteiger partial charge < -0.3 is 4.74 Å². The van der Waals surface area contributed by atoms with Gasteiger partial charge in [-0.15, -0.1) is 0 Å². The van der Waals surface area contributed by atoms with Crippen LogP contribution in [0, 0.1) is 33.6 Å². The number of hydrogen-bond donors (Lipinski definition) is 0. The quantitative estimate of drug-likeness (QED) is 0.371. The average molecular weight is 323 g/mol. The van der Waals surface area contributed by atoms with Gasteiger partial charge in [0.15, 0.2) is 0 Å². The van der Waals surface area contributed by atoms with Crippen molar-refractivity contribution in [3.63, 3.8) is 0 Å². The zero-order chi connectivity index (χ0) is 15.7. The fourth-order valence-electron chi connectivity index (χ4n) is 1.40. The molecule has 2 aromatic rings. The zero-order valence-electron chi connectivity index (χ0n) is 9.74. The summed E-state index contributed by atoms with van der Waals surface area (Å²) in [5, 5.41) is 10.4. The van der Waals surface area contributed by atoms with E-state index < -0.39 is 45.6 Å². The van der Waals surface area contributed by atoms with Crippen molar-refractivity contribution in [3.8, 4) is 11.5 Å². The van der Waals surface area contributed by atoms with Crippen LogP contribution in [0.3, 0.4) is 0 Å². The van der Waals surface area contributed by atoms with Crippen molar-refractivity contribution in [2.45, 2.75) is 0 Å². The van der Waals surface area contributed by atoms with Crippen molar-refractivity contribution in [2.75, 3.05) is 0 Å². The normalized spacial score (nSPS) is 10.5. The third kappa shape index (κ3) is 2.72. The summed E-state index contributed by atoms with van der Waals surface area (Å²) < 4.78 is 57.3. The largest absolute Gasteiger partial charge is 0.442 e. The lowest BCUT2D eigenvalue weighted by Crippen LogP contribution is -2.04. The lowest BCUT2D eigenvalue weighted by Gasteiger charge is -2.10. The molecule has 0 aliphatic heterocycles. The number of ether oxygens (including phenoxy) is 1. The third-order valence-electron chi connectivity index (χ3n) is 2.30. The van der Waals surface area contributed by atoms with Crippen molar-refractivity contribution in [1.82, 2.24) is 4.98 Å². The van der Waals surface area contributed by atoms with Gasteiger partial charge in [-0.1, -0.05) is 17.7 Å². The van der Waals surface area contributed by atoms with E-state index in [4.69, 9.17) is 11.6 Å². The summed E-state index contributed by atoms with van der Waals surface area (Å²) in [7, 11) is 0. The Morgan fingerprint density at radius 2 is 1.67 bits per heavy atom. The van der Waals surface area contributed by atoms with Crippen LogP contribution in [0.5, 0.6) is 11.5 Å². The summed E-state index contributed by atoms with van der Waals surface area (Å²) >= 11 is 5.63. The van der Waals surface area contributed by atoms with Gasteiger partial charge >= 0.3 is 5.69 Å². The van der Waals surface area contributed by atoms with Crippen LogP contribution in [-0.2, 0) is 0 Å². The molecule has 110 valence electrons. The van der Waals surface area contributed by atoms with Crippen LogP contribution in [-0.4, -0.2) is 9.91 Å². The molecule has 0 aliphatic rings. The number of rotatable bonds is 3. The second-order valence-electron chi connectivity index (χ2n) is 3.60. The van der Waals surface area contributed by atoms with Gasteiger partial charge in [0.25, 0.3) is 11.9 Å². The molecule has 0 saturated carbocycles. The molecular formula is C11H3ClF4N2O3. The van der Waals surface area contributed by atoms with Gasteiger partial charge in [0, 0.05) is 6.07 Å². The van der Waals surface area contributed by atoms with Gasteiger partial charge in [-0.25, -0.2) is 0 Å². The number of halogens is 5. The highest BCUT2D eigenvalue weighted by Gasteiger charge is 2.27. The van der Waals surface area contributed by atoms with E-state index in [1.165, 1.54) is 6.07 Å². The van der Waals surface area contributed by atoms with Crippen LogP contribution < -0.4 is 4.74 Å². The molecule has 0 amide bonds. The van der Waals surface area contributed by atoms with Gasteiger partial charge in [-0.3, -0.25) is 10.1 Å². The first-order chi connectivity index (χ1) is 9.82. The lowest BCUT2D eigenvalue weighted by atomic mass is 10.3. The summed E-state index contributed by atoms with van der Waals surface area (Å²) in [4.78, 5) is 12.2. The molecule has 0 atom stereocenters. The lowest BCUT2D eigenvalue weighted by molar-refractivity contribution is -0.385. The number of nitro groups is 1. The van der Waals surface area contributed by atoms with Crippen LogP contribution >= 0.6 is 11.6 Å². The first kappa shape index (κ1) is 15.0. The van der Waals surface area contributed by atoms with E-state index in [0.29, 0.717) is 0 Å². The second kappa shape index (κ2) is 5.52. The highest BCUT2D eigenvalue weighted by molar-refractivity contribution is 6.32. The molecule has 5 nitrogen and oxygen atoms in total. The predicted molar refractivity (Wildman–Crippen MR) is 62.2 cm³/mol. The molecule has 0 saturated heterocycles. The summed E-state index contributed by atoms with van der Waals surface area (Å²) in [6.45, 7) is 0. The van der Waals surface area contributed by atoms with Crippen molar-refractivity contribution in [3.05, 3.63) is 56.9 Å². The van der Waals surface area contributed by atoms with Crippen LogP contribution in [0.2, 0.25) is 5.02 Å².